The van der Waals surface area contributed by atoms with E-state index >= 15 is 0 Å². The lowest BCUT2D eigenvalue weighted by atomic mass is 10.2. The number of halogens is 3. The minimum Gasteiger partial charge on any atom is -0.343 e. The second-order valence-electron chi connectivity index (χ2n) is 6.20. The number of aryl methyl sites for hydroxylation is 1. The third-order valence-electron chi connectivity index (χ3n) is 4.43. The van der Waals surface area contributed by atoms with Crippen LogP contribution in [0.1, 0.15) is 15.5 Å². The summed E-state index contributed by atoms with van der Waals surface area (Å²) in [5.74, 6) is -0.189. The molecule has 1 aliphatic rings. The average Bonchev–Trinajstić information content (AvgIpc) is 3.29. The van der Waals surface area contributed by atoms with Gasteiger partial charge in [-0.3, -0.25) is 4.79 Å². The van der Waals surface area contributed by atoms with Gasteiger partial charge >= 0.3 is 6.18 Å². The first-order valence-corrected chi connectivity index (χ1v) is 9.01. The number of pyridine rings is 1. The molecule has 4 heterocycles. The maximum atomic E-state index is 12.7. The Morgan fingerprint density at radius 1 is 1.11 bits per heavy atom. The van der Waals surface area contributed by atoms with Crippen molar-refractivity contribution in [3.05, 3.63) is 35.1 Å². The van der Waals surface area contributed by atoms with Crippen molar-refractivity contribution >= 4 is 33.4 Å². The third kappa shape index (κ3) is 3.34. The van der Waals surface area contributed by atoms with Gasteiger partial charge in [-0.1, -0.05) is 11.3 Å². The lowest BCUT2D eigenvalue weighted by molar-refractivity contribution is -0.138. The molecule has 0 aliphatic carbocycles. The number of piperazine rings is 1. The van der Waals surface area contributed by atoms with Gasteiger partial charge in [0.05, 0.1) is 0 Å². The van der Waals surface area contributed by atoms with Crippen molar-refractivity contribution < 1.29 is 18.0 Å². The summed E-state index contributed by atoms with van der Waals surface area (Å²) in [5.41, 5.74) is 1.08. The number of hydrogen-bond acceptors (Lipinski definition) is 6. The van der Waals surface area contributed by atoms with E-state index in [4.69, 9.17) is 0 Å². The monoisotopic (exact) mass is 396 g/mol. The lowest BCUT2D eigenvalue weighted by Crippen LogP contribution is -2.49. The zero-order valence-corrected chi connectivity index (χ0v) is 15.1. The predicted octanol–water partition coefficient (Wildman–Crippen LogP) is 2.41. The number of fused-ring (bicyclic) bond motifs is 1. The Hall–Kier alpha value is -2.69. The molecule has 0 aromatic carbocycles. The molecule has 0 saturated carbocycles. The van der Waals surface area contributed by atoms with E-state index in [9.17, 15) is 18.0 Å². The minimum absolute atomic E-state index is 0.189. The van der Waals surface area contributed by atoms with Crippen LogP contribution in [0, 0.1) is 0 Å². The average molecular weight is 396 g/mol. The van der Waals surface area contributed by atoms with Crippen molar-refractivity contribution in [2.75, 3.05) is 31.1 Å². The highest BCUT2D eigenvalue weighted by molar-refractivity contribution is 7.15. The molecule has 0 atom stereocenters. The van der Waals surface area contributed by atoms with Crippen LogP contribution in [0.5, 0.6) is 0 Å². The molecule has 1 amide bonds. The number of aromatic nitrogens is 4. The smallest absolute Gasteiger partial charge is 0.343 e. The molecule has 11 heteroatoms. The van der Waals surface area contributed by atoms with Gasteiger partial charge in [0, 0.05) is 44.8 Å². The molecular weight excluding hydrogens is 381 g/mol. The van der Waals surface area contributed by atoms with Crippen LogP contribution in [0.4, 0.5) is 18.3 Å². The number of rotatable bonds is 2. The second-order valence-corrected chi connectivity index (χ2v) is 7.16. The summed E-state index contributed by atoms with van der Waals surface area (Å²) in [7, 11) is 1.86. The molecule has 0 bridgehead atoms. The summed E-state index contributed by atoms with van der Waals surface area (Å²) in [6.45, 7) is 1.55. The molecule has 7 nitrogen and oxygen atoms in total. The van der Waals surface area contributed by atoms with Gasteiger partial charge in [0.25, 0.3) is 5.91 Å². The molecular formula is C16H15F3N6OS. The molecule has 0 spiro atoms. The van der Waals surface area contributed by atoms with Crippen molar-refractivity contribution in [1.29, 1.82) is 0 Å². The Kier molecular flexibility index (Phi) is 4.25. The van der Waals surface area contributed by atoms with E-state index in [1.54, 1.807) is 15.9 Å². The first-order chi connectivity index (χ1) is 12.8. The maximum absolute atomic E-state index is 12.7. The molecule has 0 radical (unpaired) electrons. The summed E-state index contributed by atoms with van der Waals surface area (Å²) in [5, 5.41) is 7.05. The van der Waals surface area contributed by atoms with Gasteiger partial charge in [-0.05, 0) is 18.2 Å². The van der Waals surface area contributed by atoms with E-state index in [-0.39, 0.29) is 11.0 Å². The van der Waals surface area contributed by atoms with Gasteiger partial charge in [-0.2, -0.15) is 13.2 Å². The maximum Gasteiger partial charge on any atom is 0.445 e. The fraction of sp³-hybridized carbons (Fsp3) is 0.375. The normalized spacial score (nSPS) is 15.6. The van der Waals surface area contributed by atoms with Crippen LogP contribution in [0.25, 0.3) is 11.0 Å². The van der Waals surface area contributed by atoms with Crippen LogP contribution in [0.3, 0.4) is 0 Å². The van der Waals surface area contributed by atoms with E-state index in [1.807, 2.05) is 29.9 Å². The Morgan fingerprint density at radius 3 is 2.52 bits per heavy atom. The highest BCUT2D eigenvalue weighted by Crippen LogP contribution is 2.34. The SMILES string of the molecule is Cn1ccc2ccc(C(=O)N3CCN(c4nnc(C(F)(F)F)s4)CC3)nc21. The molecule has 3 aromatic heterocycles. The number of carbonyl (C=O) groups is 1. The number of amides is 1. The van der Waals surface area contributed by atoms with Crippen LogP contribution in [-0.4, -0.2) is 56.7 Å². The number of nitrogens with zero attached hydrogens (tertiary/aromatic N) is 6. The van der Waals surface area contributed by atoms with Crippen molar-refractivity contribution in [2.24, 2.45) is 7.05 Å². The van der Waals surface area contributed by atoms with E-state index in [2.05, 4.69) is 15.2 Å². The molecule has 142 valence electrons. The Morgan fingerprint density at radius 2 is 1.85 bits per heavy atom. The minimum atomic E-state index is -4.49. The van der Waals surface area contributed by atoms with Gasteiger partial charge < -0.3 is 14.4 Å². The highest BCUT2D eigenvalue weighted by atomic mass is 32.1. The summed E-state index contributed by atoms with van der Waals surface area (Å²) >= 11 is 0.517. The van der Waals surface area contributed by atoms with E-state index in [0.717, 1.165) is 11.0 Å². The number of anilines is 1. The summed E-state index contributed by atoms with van der Waals surface area (Å²) in [4.78, 5) is 20.5. The lowest BCUT2D eigenvalue weighted by Gasteiger charge is -2.34. The molecule has 0 unspecified atom stereocenters. The largest absolute Gasteiger partial charge is 0.445 e. The van der Waals surface area contributed by atoms with Gasteiger partial charge in [0.15, 0.2) is 0 Å². The molecule has 4 rings (SSSR count). The highest BCUT2D eigenvalue weighted by Gasteiger charge is 2.36. The Labute approximate surface area is 156 Å². The van der Waals surface area contributed by atoms with Crippen molar-refractivity contribution in [3.63, 3.8) is 0 Å². The standard InChI is InChI=1S/C16H15F3N6OS/c1-23-5-4-10-2-3-11(20-12(10)23)13(26)24-6-8-25(9-7-24)15-22-21-14(27-15)16(17,18)19/h2-5H,6-9H2,1H3. The first-order valence-electron chi connectivity index (χ1n) is 8.20. The van der Waals surface area contributed by atoms with E-state index in [0.29, 0.717) is 43.2 Å². The molecule has 3 aromatic rings. The fourth-order valence-electron chi connectivity index (χ4n) is 2.97. The Balaban J connectivity index is 1.44. The summed E-state index contributed by atoms with van der Waals surface area (Å²) in [6, 6.07) is 5.47. The third-order valence-corrected chi connectivity index (χ3v) is 5.46. The van der Waals surface area contributed by atoms with E-state index < -0.39 is 11.2 Å². The number of carbonyl (C=O) groups excluding carboxylic acids is 1. The molecule has 1 fully saturated rings. The van der Waals surface area contributed by atoms with Gasteiger partial charge in [-0.25, -0.2) is 4.98 Å². The van der Waals surface area contributed by atoms with Crippen molar-refractivity contribution in [1.82, 2.24) is 24.6 Å². The van der Waals surface area contributed by atoms with Gasteiger partial charge in [-0.15, -0.1) is 10.2 Å². The second kappa shape index (κ2) is 6.48. The molecule has 0 N–H and O–H groups in total. The van der Waals surface area contributed by atoms with Crippen molar-refractivity contribution in [2.45, 2.75) is 6.18 Å². The summed E-state index contributed by atoms with van der Waals surface area (Å²) < 4.78 is 39.8. The first kappa shape index (κ1) is 17.7. The van der Waals surface area contributed by atoms with Crippen LogP contribution in [0.15, 0.2) is 24.4 Å². The van der Waals surface area contributed by atoms with Crippen LogP contribution in [0.2, 0.25) is 0 Å². The fourth-order valence-corrected chi connectivity index (χ4v) is 3.74. The topological polar surface area (TPSA) is 67.2 Å². The van der Waals surface area contributed by atoms with Crippen LogP contribution in [-0.2, 0) is 13.2 Å². The van der Waals surface area contributed by atoms with Gasteiger partial charge in [0.1, 0.15) is 11.3 Å². The quantitative estimate of drug-likeness (QED) is 0.666. The molecule has 1 aliphatic heterocycles. The predicted molar refractivity (Wildman–Crippen MR) is 93.7 cm³/mol. The molecule has 1 saturated heterocycles. The van der Waals surface area contributed by atoms with Gasteiger partial charge in [0.2, 0.25) is 10.1 Å². The van der Waals surface area contributed by atoms with Crippen LogP contribution < -0.4 is 4.90 Å². The summed E-state index contributed by atoms with van der Waals surface area (Å²) in [6.07, 6.45) is -2.61. The van der Waals surface area contributed by atoms with Crippen molar-refractivity contribution in [3.8, 4) is 0 Å². The Bertz CT molecular complexity index is 990. The number of hydrogen-bond donors (Lipinski definition) is 0. The van der Waals surface area contributed by atoms with E-state index in [1.165, 1.54) is 0 Å². The van der Waals surface area contributed by atoms with Crippen LogP contribution >= 0.6 is 11.3 Å². The molecule has 27 heavy (non-hydrogen) atoms. The zero-order chi connectivity index (χ0) is 19.2. The number of alkyl halides is 3. The zero-order valence-electron chi connectivity index (χ0n) is 14.3.